The minimum absolute atomic E-state index is 0.134. The molecule has 0 atom stereocenters. The fourth-order valence-electron chi connectivity index (χ4n) is 2.00. The molecular formula is C18H23N3O5S. The van der Waals surface area contributed by atoms with E-state index in [1.807, 2.05) is 12.3 Å². The molecule has 1 heterocycles. The molecule has 9 heteroatoms. The number of rotatable bonds is 6. The van der Waals surface area contributed by atoms with Gasteiger partial charge in [0.1, 0.15) is 5.60 Å². The van der Waals surface area contributed by atoms with Crippen molar-refractivity contribution in [3.8, 4) is 17.2 Å². The summed E-state index contributed by atoms with van der Waals surface area (Å²) in [6.07, 6.45) is 0.736. The Hall–Kier alpha value is -2.81. The van der Waals surface area contributed by atoms with Crippen molar-refractivity contribution < 1.29 is 23.7 Å². The van der Waals surface area contributed by atoms with E-state index in [-0.39, 0.29) is 5.75 Å². The van der Waals surface area contributed by atoms with Gasteiger partial charge in [-0.15, -0.1) is 11.3 Å². The highest BCUT2D eigenvalue weighted by molar-refractivity contribution is 7.13. The number of anilines is 1. The number of benzene rings is 1. The van der Waals surface area contributed by atoms with Crippen molar-refractivity contribution in [3.63, 3.8) is 0 Å². The van der Waals surface area contributed by atoms with Gasteiger partial charge in [0.2, 0.25) is 10.9 Å². The first-order valence-electron chi connectivity index (χ1n) is 8.10. The quantitative estimate of drug-likeness (QED) is 0.340. The van der Waals surface area contributed by atoms with Crippen LogP contribution in [0.15, 0.2) is 22.6 Å². The third-order valence-corrected chi connectivity index (χ3v) is 3.92. The fraction of sp³-hybridized carbons (Fsp3) is 0.389. The predicted octanol–water partition coefficient (Wildman–Crippen LogP) is 4.23. The van der Waals surface area contributed by atoms with Crippen LogP contribution in [0, 0.1) is 6.92 Å². The summed E-state index contributed by atoms with van der Waals surface area (Å²) in [5.41, 5.74) is 3.78. The Morgan fingerprint density at radius 1 is 1.22 bits per heavy atom. The van der Waals surface area contributed by atoms with Crippen molar-refractivity contribution in [2.24, 2.45) is 5.10 Å². The van der Waals surface area contributed by atoms with Gasteiger partial charge in [-0.3, -0.25) is 5.43 Å². The Balaban J connectivity index is 2.20. The number of hydrogen-bond donors (Lipinski definition) is 1. The summed E-state index contributed by atoms with van der Waals surface area (Å²) in [6.45, 7) is 7.15. The lowest BCUT2D eigenvalue weighted by Gasteiger charge is -2.20. The maximum absolute atomic E-state index is 12.0. The number of aryl methyl sites for hydroxylation is 1. The highest BCUT2D eigenvalue weighted by Gasteiger charge is 2.22. The molecule has 0 aliphatic heterocycles. The molecule has 8 nitrogen and oxygen atoms in total. The van der Waals surface area contributed by atoms with Gasteiger partial charge in [0.05, 0.1) is 26.1 Å². The van der Waals surface area contributed by atoms with Gasteiger partial charge in [0.15, 0.2) is 11.5 Å². The van der Waals surface area contributed by atoms with Crippen LogP contribution in [-0.2, 0) is 4.74 Å². The van der Waals surface area contributed by atoms with E-state index in [1.165, 1.54) is 25.6 Å². The number of aromatic nitrogens is 1. The smallest absolute Gasteiger partial charge is 0.493 e. The zero-order valence-electron chi connectivity index (χ0n) is 16.2. The van der Waals surface area contributed by atoms with Crippen LogP contribution in [0.5, 0.6) is 17.2 Å². The molecule has 0 radical (unpaired) electrons. The lowest BCUT2D eigenvalue weighted by atomic mass is 10.2. The second-order valence-electron chi connectivity index (χ2n) is 6.49. The zero-order chi connectivity index (χ0) is 20.0. The lowest BCUT2D eigenvalue weighted by Crippen LogP contribution is -2.26. The number of nitrogens with zero attached hydrogens (tertiary/aromatic N) is 2. The first kappa shape index (κ1) is 20.5. The number of carbonyl (C=O) groups excluding carboxylic acids is 1. The summed E-state index contributed by atoms with van der Waals surface area (Å²) in [5, 5.41) is 6.76. The topological polar surface area (TPSA) is 91.3 Å². The van der Waals surface area contributed by atoms with Crippen LogP contribution in [0.2, 0.25) is 0 Å². The van der Waals surface area contributed by atoms with Crippen LogP contribution in [0.3, 0.4) is 0 Å². The van der Waals surface area contributed by atoms with E-state index in [1.54, 1.807) is 39.1 Å². The van der Waals surface area contributed by atoms with E-state index in [0.29, 0.717) is 22.2 Å². The van der Waals surface area contributed by atoms with Crippen LogP contribution < -0.4 is 19.6 Å². The number of nitrogens with one attached hydrogen (secondary N) is 1. The average molecular weight is 393 g/mol. The molecule has 0 amide bonds. The SMILES string of the molecule is COc1cc(C=NNc2nc(C)cs2)cc(OC)c1OC(=O)OC(C)(C)C. The van der Waals surface area contributed by atoms with E-state index in [9.17, 15) is 4.79 Å². The molecule has 0 fully saturated rings. The normalized spacial score (nSPS) is 11.3. The molecule has 1 N–H and O–H groups in total. The van der Waals surface area contributed by atoms with Crippen LogP contribution in [0.25, 0.3) is 0 Å². The molecule has 146 valence electrons. The Kier molecular flexibility index (Phi) is 6.62. The maximum atomic E-state index is 12.0. The van der Waals surface area contributed by atoms with E-state index >= 15 is 0 Å². The largest absolute Gasteiger partial charge is 0.514 e. The van der Waals surface area contributed by atoms with Gasteiger partial charge in [-0.1, -0.05) is 0 Å². The molecule has 1 aromatic heterocycles. The first-order chi connectivity index (χ1) is 12.7. The van der Waals surface area contributed by atoms with Gasteiger partial charge >= 0.3 is 6.16 Å². The molecule has 1 aromatic carbocycles. The Labute approximate surface area is 162 Å². The molecule has 27 heavy (non-hydrogen) atoms. The molecule has 0 unspecified atom stereocenters. The molecule has 2 rings (SSSR count). The van der Waals surface area contributed by atoms with Crippen molar-refractivity contribution in [1.82, 2.24) is 4.98 Å². The van der Waals surface area contributed by atoms with Gasteiger partial charge < -0.3 is 18.9 Å². The molecule has 0 saturated carbocycles. The monoisotopic (exact) mass is 393 g/mol. The van der Waals surface area contributed by atoms with Crippen molar-refractivity contribution >= 4 is 28.8 Å². The third kappa shape index (κ3) is 6.14. The first-order valence-corrected chi connectivity index (χ1v) is 8.98. The Bertz CT molecular complexity index is 802. The van der Waals surface area contributed by atoms with E-state index in [4.69, 9.17) is 18.9 Å². The third-order valence-electron chi connectivity index (χ3n) is 3.05. The summed E-state index contributed by atoms with van der Waals surface area (Å²) >= 11 is 1.46. The van der Waals surface area contributed by atoms with Crippen LogP contribution in [0.4, 0.5) is 9.93 Å². The summed E-state index contributed by atoms with van der Waals surface area (Å²) < 4.78 is 21.1. The van der Waals surface area contributed by atoms with Crippen LogP contribution >= 0.6 is 11.3 Å². The Morgan fingerprint density at radius 3 is 2.33 bits per heavy atom. The standard InChI is InChI=1S/C18H23N3O5S/c1-11-10-27-16(20-11)21-19-9-12-7-13(23-5)15(14(8-12)24-6)25-17(22)26-18(2,3)4/h7-10H,1-6H3,(H,20,21). The highest BCUT2D eigenvalue weighted by atomic mass is 32.1. The van der Waals surface area contributed by atoms with E-state index in [0.717, 1.165) is 5.69 Å². The molecule has 0 bridgehead atoms. The van der Waals surface area contributed by atoms with Crippen molar-refractivity contribution in [2.45, 2.75) is 33.3 Å². The van der Waals surface area contributed by atoms with Gasteiger partial charge in [-0.05, 0) is 39.8 Å². The van der Waals surface area contributed by atoms with Crippen molar-refractivity contribution in [3.05, 3.63) is 28.8 Å². The molecule has 2 aromatic rings. The van der Waals surface area contributed by atoms with Gasteiger partial charge in [0, 0.05) is 10.9 Å². The molecule has 0 saturated heterocycles. The highest BCUT2D eigenvalue weighted by Crippen LogP contribution is 2.38. The second-order valence-corrected chi connectivity index (χ2v) is 7.34. The minimum Gasteiger partial charge on any atom is -0.493 e. The summed E-state index contributed by atoms with van der Waals surface area (Å²) in [5.74, 6) is 0.758. The Morgan fingerprint density at radius 2 is 1.85 bits per heavy atom. The van der Waals surface area contributed by atoms with E-state index in [2.05, 4.69) is 15.5 Å². The predicted molar refractivity (Wildman–Crippen MR) is 104 cm³/mol. The van der Waals surface area contributed by atoms with Crippen molar-refractivity contribution in [2.75, 3.05) is 19.6 Å². The van der Waals surface area contributed by atoms with Gasteiger partial charge in [0.25, 0.3) is 0 Å². The number of carbonyl (C=O) groups is 1. The summed E-state index contributed by atoms with van der Waals surface area (Å²) in [7, 11) is 2.93. The van der Waals surface area contributed by atoms with Crippen LogP contribution in [0.1, 0.15) is 32.0 Å². The van der Waals surface area contributed by atoms with Crippen LogP contribution in [-0.4, -0.2) is 37.2 Å². The summed E-state index contributed by atoms with van der Waals surface area (Å²) in [4.78, 5) is 16.2. The lowest BCUT2D eigenvalue weighted by molar-refractivity contribution is 0.0195. The fourth-order valence-corrected chi connectivity index (χ4v) is 2.63. The zero-order valence-corrected chi connectivity index (χ0v) is 17.0. The molecule has 0 spiro atoms. The number of ether oxygens (including phenoxy) is 4. The average Bonchev–Trinajstić information content (AvgIpc) is 2.99. The number of methoxy groups -OCH3 is 2. The minimum atomic E-state index is -0.846. The molecule has 0 aliphatic rings. The molecular weight excluding hydrogens is 370 g/mol. The maximum Gasteiger partial charge on any atom is 0.514 e. The molecule has 0 aliphatic carbocycles. The van der Waals surface area contributed by atoms with Gasteiger partial charge in [-0.2, -0.15) is 5.10 Å². The second kappa shape index (κ2) is 8.72. The van der Waals surface area contributed by atoms with Gasteiger partial charge in [-0.25, -0.2) is 9.78 Å². The number of thiazole rings is 1. The van der Waals surface area contributed by atoms with E-state index < -0.39 is 11.8 Å². The summed E-state index contributed by atoms with van der Waals surface area (Å²) in [6, 6.07) is 3.33. The number of hydrogen-bond acceptors (Lipinski definition) is 9. The number of hydrazone groups is 1. The van der Waals surface area contributed by atoms with Crippen molar-refractivity contribution in [1.29, 1.82) is 0 Å².